The number of halogens is 2. The molecule has 2 heterocycles. The molecule has 2 saturated heterocycles. The Morgan fingerprint density at radius 3 is 2.34 bits per heavy atom. The fraction of sp³-hybridized carbons (Fsp3) is 0.409. The Balaban J connectivity index is 1.42. The Bertz CT molecular complexity index is 998. The summed E-state index contributed by atoms with van der Waals surface area (Å²) in [6.45, 7) is 0. The molecule has 0 unspecified atom stereocenters. The molecule has 0 spiro atoms. The molecule has 2 bridgehead atoms. The molecule has 0 saturated carbocycles. The van der Waals surface area contributed by atoms with Crippen molar-refractivity contribution in [2.75, 3.05) is 0 Å². The van der Waals surface area contributed by atoms with Gasteiger partial charge in [-0.15, -0.1) is 0 Å². The van der Waals surface area contributed by atoms with E-state index in [1.165, 1.54) is 12.1 Å². The van der Waals surface area contributed by atoms with Crippen LogP contribution >= 0.6 is 11.6 Å². The number of carbonyl (C=O) groups is 1. The van der Waals surface area contributed by atoms with Gasteiger partial charge in [0.2, 0.25) is 5.91 Å². The van der Waals surface area contributed by atoms with E-state index >= 15 is 0 Å². The minimum Gasteiger partial charge on any atom is -0.337 e. The molecular formula is C22H23ClFNO3S. The third-order valence-corrected chi connectivity index (χ3v) is 8.60. The van der Waals surface area contributed by atoms with E-state index < -0.39 is 20.9 Å². The number of sulfone groups is 1. The van der Waals surface area contributed by atoms with Crippen LogP contribution in [-0.4, -0.2) is 36.6 Å². The van der Waals surface area contributed by atoms with Gasteiger partial charge in [-0.1, -0.05) is 35.9 Å². The van der Waals surface area contributed by atoms with Crippen molar-refractivity contribution in [3.8, 4) is 0 Å². The van der Waals surface area contributed by atoms with Crippen LogP contribution in [0, 0.1) is 5.82 Å². The van der Waals surface area contributed by atoms with Gasteiger partial charge in [0.1, 0.15) is 5.82 Å². The van der Waals surface area contributed by atoms with Crippen molar-refractivity contribution in [2.24, 2.45) is 0 Å². The number of aryl methyl sites for hydroxylation is 1. The quantitative estimate of drug-likeness (QED) is 0.699. The van der Waals surface area contributed by atoms with E-state index in [4.69, 9.17) is 11.6 Å². The number of carbonyl (C=O) groups excluding carboxylic acids is 1. The number of fused-ring (bicyclic) bond motifs is 2. The van der Waals surface area contributed by atoms with Crippen LogP contribution < -0.4 is 0 Å². The Morgan fingerprint density at radius 1 is 1.07 bits per heavy atom. The van der Waals surface area contributed by atoms with Gasteiger partial charge in [-0.3, -0.25) is 4.79 Å². The monoisotopic (exact) mass is 435 g/mol. The van der Waals surface area contributed by atoms with Crippen molar-refractivity contribution in [3.05, 3.63) is 64.9 Å². The van der Waals surface area contributed by atoms with Gasteiger partial charge in [-0.05, 0) is 61.9 Å². The first kappa shape index (κ1) is 20.4. The van der Waals surface area contributed by atoms with Gasteiger partial charge in [0.05, 0.1) is 15.2 Å². The van der Waals surface area contributed by atoms with E-state index in [1.54, 1.807) is 36.4 Å². The summed E-state index contributed by atoms with van der Waals surface area (Å²) in [5.41, 5.74) is 0.731. The summed E-state index contributed by atoms with van der Waals surface area (Å²) in [5, 5.41) is -0.378. The molecule has 2 aliphatic heterocycles. The molecule has 4 nitrogen and oxygen atoms in total. The van der Waals surface area contributed by atoms with Crippen molar-refractivity contribution in [2.45, 2.75) is 60.8 Å². The molecule has 0 radical (unpaired) electrons. The van der Waals surface area contributed by atoms with Crippen LogP contribution in [0.25, 0.3) is 0 Å². The highest BCUT2D eigenvalue weighted by Crippen LogP contribution is 2.40. The van der Waals surface area contributed by atoms with E-state index in [0.717, 1.165) is 18.4 Å². The second kappa shape index (κ2) is 8.07. The summed E-state index contributed by atoms with van der Waals surface area (Å²) in [7, 11) is -3.39. The van der Waals surface area contributed by atoms with Crippen LogP contribution in [0.1, 0.15) is 37.7 Å². The number of hydrogen-bond acceptors (Lipinski definition) is 3. The molecule has 0 N–H and O–H groups in total. The largest absolute Gasteiger partial charge is 0.337 e. The average Bonchev–Trinajstić information content (AvgIpc) is 2.98. The van der Waals surface area contributed by atoms with Gasteiger partial charge in [0.25, 0.3) is 0 Å². The Hall–Kier alpha value is -1.92. The second-order valence-electron chi connectivity index (χ2n) is 7.89. The zero-order chi connectivity index (χ0) is 20.6. The highest BCUT2D eigenvalue weighted by Gasteiger charge is 2.46. The van der Waals surface area contributed by atoms with Crippen molar-refractivity contribution in [1.82, 2.24) is 4.90 Å². The van der Waals surface area contributed by atoms with Crippen LogP contribution in [-0.2, 0) is 21.1 Å². The number of piperidine rings is 1. The lowest BCUT2D eigenvalue weighted by molar-refractivity contribution is -0.135. The molecule has 154 valence electrons. The predicted molar refractivity (Wildman–Crippen MR) is 110 cm³/mol. The molecule has 29 heavy (non-hydrogen) atoms. The zero-order valence-corrected chi connectivity index (χ0v) is 17.5. The number of benzene rings is 2. The van der Waals surface area contributed by atoms with Crippen LogP contribution in [0.5, 0.6) is 0 Å². The highest BCUT2D eigenvalue weighted by atomic mass is 35.5. The lowest BCUT2D eigenvalue weighted by atomic mass is 10.0. The van der Waals surface area contributed by atoms with Gasteiger partial charge < -0.3 is 4.90 Å². The maximum absolute atomic E-state index is 13.6. The van der Waals surface area contributed by atoms with Crippen molar-refractivity contribution >= 4 is 27.3 Å². The molecule has 2 atom stereocenters. The number of amides is 1. The smallest absolute Gasteiger partial charge is 0.223 e. The minimum atomic E-state index is -3.39. The lowest BCUT2D eigenvalue weighted by Gasteiger charge is -2.38. The Labute approximate surface area is 175 Å². The molecule has 2 aromatic carbocycles. The standard InChI is InChI=1S/C22H23ClFNO3S/c23-20-10-6-15(12-21(20)24)7-11-22(26)25-16-8-9-17(25)14-19(13-16)29(27,28)18-4-2-1-3-5-18/h1-6,10,12,16-17,19H,7-9,11,13-14H2/t16-,17-/m0/s1. The van der Waals surface area contributed by atoms with Crippen LogP contribution in [0.3, 0.4) is 0 Å². The van der Waals surface area contributed by atoms with Crippen molar-refractivity contribution < 1.29 is 17.6 Å². The summed E-state index contributed by atoms with van der Waals surface area (Å²) in [5.74, 6) is -0.466. The van der Waals surface area contributed by atoms with Gasteiger partial charge in [-0.25, -0.2) is 12.8 Å². The predicted octanol–water partition coefficient (Wildman–Crippen LogP) is 4.41. The first-order valence-corrected chi connectivity index (χ1v) is 11.8. The summed E-state index contributed by atoms with van der Waals surface area (Å²) in [6, 6.07) is 13.1. The maximum atomic E-state index is 13.6. The molecule has 7 heteroatoms. The summed E-state index contributed by atoms with van der Waals surface area (Å²) >= 11 is 5.71. The van der Waals surface area contributed by atoms with Crippen LogP contribution in [0.2, 0.25) is 5.02 Å². The van der Waals surface area contributed by atoms with Crippen LogP contribution in [0.15, 0.2) is 53.4 Å². The molecule has 2 aliphatic rings. The third kappa shape index (κ3) is 4.05. The Kier molecular flexibility index (Phi) is 5.67. The van der Waals surface area contributed by atoms with Crippen molar-refractivity contribution in [3.63, 3.8) is 0 Å². The molecule has 0 aliphatic carbocycles. The van der Waals surface area contributed by atoms with Gasteiger partial charge in [0.15, 0.2) is 9.84 Å². The van der Waals surface area contributed by atoms with Gasteiger partial charge in [-0.2, -0.15) is 0 Å². The molecular weight excluding hydrogens is 413 g/mol. The fourth-order valence-electron chi connectivity index (χ4n) is 4.67. The highest BCUT2D eigenvalue weighted by molar-refractivity contribution is 7.92. The van der Waals surface area contributed by atoms with E-state index in [-0.39, 0.29) is 29.4 Å². The zero-order valence-electron chi connectivity index (χ0n) is 15.9. The number of nitrogens with zero attached hydrogens (tertiary/aromatic N) is 1. The topological polar surface area (TPSA) is 54.5 Å². The van der Waals surface area contributed by atoms with E-state index in [2.05, 4.69) is 0 Å². The molecule has 1 amide bonds. The van der Waals surface area contributed by atoms with E-state index in [1.807, 2.05) is 4.90 Å². The summed E-state index contributed by atoms with van der Waals surface area (Å²) in [4.78, 5) is 15.1. The van der Waals surface area contributed by atoms with Crippen LogP contribution in [0.4, 0.5) is 4.39 Å². The maximum Gasteiger partial charge on any atom is 0.223 e. The van der Waals surface area contributed by atoms with Gasteiger partial charge in [0, 0.05) is 18.5 Å². The summed E-state index contributed by atoms with van der Waals surface area (Å²) in [6.07, 6.45) is 3.36. The molecule has 4 rings (SSSR count). The number of hydrogen-bond donors (Lipinski definition) is 0. The molecule has 2 fully saturated rings. The van der Waals surface area contributed by atoms with Gasteiger partial charge >= 0.3 is 0 Å². The number of rotatable bonds is 5. The Morgan fingerprint density at radius 2 is 1.72 bits per heavy atom. The molecule has 2 aromatic rings. The first-order chi connectivity index (χ1) is 13.9. The average molecular weight is 436 g/mol. The fourth-order valence-corrected chi connectivity index (χ4v) is 6.66. The normalized spacial score (nSPS) is 23.9. The van der Waals surface area contributed by atoms with E-state index in [9.17, 15) is 17.6 Å². The van der Waals surface area contributed by atoms with Crippen molar-refractivity contribution in [1.29, 1.82) is 0 Å². The minimum absolute atomic E-state index is 0.0171. The summed E-state index contributed by atoms with van der Waals surface area (Å²) < 4.78 is 39.6. The third-order valence-electron chi connectivity index (χ3n) is 6.10. The first-order valence-electron chi connectivity index (χ1n) is 9.90. The SMILES string of the molecule is O=C(CCc1ccc(Cl)c(F)c1)N1[C@H]2CC[C@H]1CC(S(=O)(=O)c1ccccc1)C2. The van der Waals surface area contributed by atoms with E-state index in [0.29, 0.717) is 24.2 Å². The lowest BCUT2D eigenvalue weighted by Crippen LogP contribution is -2.49. The molecule has 0 aromatic heterocycles. The second-order valence-corrected chi connectivity index (χ2v) is 10.5.